The second-order valence-electron chi connectivity index (χ2n) is 5.12. The van der Waals surface area contributed by atoms with E-state index in [2.05, 4.69) is 10.3 Å². The van der Waals surface area contributed by atoms with Gasteiger partial charge in [-0.25, -0.2) is 9.78 Å². The average molecular weight is 253 g/mol. The lowest BCUT2D eigenvalue weighted by atomic mass is 10.1. The number of carbonyl (C=O) groups excluding carboxylic acids is 2. The second kappa shape index (κ2) is 5.20. The number of amides is 1. The van der Waals surface area contributed by atoms with Crippen LogP contribution in [0.2, 0.25) is 0 Å². The molecule has 1 heterocycles. The van der Waals surface area contributed by atoms with Crippen LogP contribution < -0.4 is 5.32 Å². The van der Waals surface area contributed by atoms with Gasteiger partial charge in [0.05, 0.1) is 18.6 Å². The number of aryl methyl sites for hydroxylation is 1. The molecule has 1 unspecified atom stereocenters. The van der Waals surface area contributed by atoms with E-state index in [1.807, 2.05) is 0 Å². The Morgan fingerprint density at radius 2 is 2.06 bits per heavy atom. The molecule has 0 aliphatic rings. The summed E-state index contributed by atoms with van der Waals surface area (Å²) in [5.74, 6) is -0.208. The smallest absolute Gasteiger partial charge is 0.408 e. The van der Waals surface area contributed by atoms with Crippen molar-refractivity contribution >= 4 is 11.9 Å². The number of ketones is 1. The van der Waals surface area contributed by atoms with Crippen LogP contribution in [0.15, 0.2) is 12.5 Å². The average Bonchev–Trinajstić information content (AvgIpc) is 2.60. The van der Waals surface area contributed by atoms with Crippen LogP contribution in [0.5, 0.6) is 0 Å². The van der Waals surface area contributed by atoms with Gasteiger partial charge in [-0.1, -0.05) is 0 Å². The minimum absolute atomic E-state index is 0.208. The van der Waals surface area contributed by atoms with Crippen LogP contribution in [-0.2, 0) is 11.8 Å². The third-order valence-corrected chi connectivity index (χ3v) is 2.20. The number of hydrogen-bond donors (Lipinski definition) is 1. The molecule has 0 saturated carbocycles. The normalized spacial score (nSPS) is 12.9. The molecule has 6 nitrogen and oxygen atoms in total. The minimum atomic E-state index is -0.657. The minimum Gasteiger partial charge on any atom is -0.444 e. The molecule has 0 spiro atoms. The molecule has 6 heteroatoms. The number of ether oxygens (including phenoxy) is 1. The van der Waals surface area contributed by atoms with Crippen molar-refractivity contribution in [2.24, 2.45) is 7.05 Å². The second-order valence-corrected chi connectivity index (χ2v) is 5.12. The molecule has 1 atom stereocenters. The van der Waals surface area contributed by atoms with E-state index in [9.17, 15) is 9.59 Å². The van der Waals surface area contributed by atoms with Gasteiger partial charge in [0, 0.05) is 7.05 Å². The van der Waals surface area contributed by atoms with Crippen molar-refractivity contribution in [2.75, 3.05) is 0 Å². The maximum Gasteiger partial charge on any atom is 0.408 e. The lowest BCUT2D eigenvalue weighted by Crippen LogP contribution is -2.42. The zero-order valence-electron chi connectivity index (χ0n) is 11.4. The van der Waals surface area contributed by atoms with E-state index in [-0.39, 0.29) is 5.78 Å². The number of aromatic nitrogens is 2. The quantitative estimate of drug-likeness (QED) is 0.829. The number of Topliss-reactive ketones (excluding diaryl/α,β-unsaturated/α-hetero) is 1. The van der Waals surface area contributed by atoms with Gasteiger partial charge in [0.1, 0.15) is 11.3 Å². The predicted molar refractivity (Wildman–Crippen MR) is 66.4 cm³/mol. The molecule has 1 amide bonds. The lowest BCUT2D eigenvalue weighted by molar-refractivity contribution is 0.0496. The van der Waals surface area contributed by atoms with Gasteiger partial charge < -0.3 is 14.6 Å². The van der Waals surface area contributed by atoms with E-state index in [1.165, 1.54) is 12.5 Å². The molecule has 100 valence electrons. The van der Waals surface area contributed by atoms with Crippen molar-refractivity contribution in [2.45, 2.75) is 39.3 Å². The summed E-state index contributed by atoms with van der Waals surface area (Å²) in [5, 5.41) is 2.50. The third-order valence-electron chi connectivity index (χ3n) is 2.20. The van der Waals surface area contributed by atoms with Gasteiger partial charge in [0.2, 0.25) is 5.78 Å². The highest BCUT2D eigenvalue weighted by atomic mass is 16.6. The van der Waals surface area contributed by atoms with Gasteiger partial charge in [0.15, 0.2) is 0 Å². The largest absolute Gasteiger partial charge is 0.444 e. The van der Waals surface area contributed by atoms with Gasteiger partial charge in [-0.15, -0.1) is 0 Å². The van der Waals surface area contributed by atoms with Crippen LogP contribution in [0.3, 0.4) is 0 Å². The molecular weight excluding hydrogens is 234 g/mol. The molecule has 1 N–H and O–H groups in total. The predicted octanol–water partition coefficient (Wildman–Crippen LogP) is 1.52. The molecule has 1 rings (SSSR count). The van der Waals surface area contributed by atoms with E-state index < -0.39 is 17.7 Å². The first-order valence-electron chi connectivity index (χ1n) is 5.71. The summed E-state index contributed by atoms with van der Waals surface area (Å²) in [7, 11) is 1.72. The van der Waals surface area contributed by atoms with Crippen LogP contribution in [-0.4, -0.2) is 33.1 Å². The van der Waals surface area contributed by atoms with Gasteiger partial charge in [0.25, 0.3) is 0 Å². The van der Waals surface area contributed by atoms with Crippen molar-refractivity contribution < 1.29 is 14.3 Å². The molecule has 0 fully saturated rings. The molecule has 1 aromatic heterocycles. The number of imidazole rings is 1. The first-order valence-corrected chi connectivity index (χ1v) is 5.71. The number of carbonyl (C=O) groups is 2. The Labute approximate surface area is 106 Å². The first-order chi connectivity index (χ1) is 8.20. The molecular formula is C12H19N3O3. The number of rotatable bonds is 3. The van der Waals surface area contributed by atoms with Crippen molar-refractivity contribution in [1.29, 1.82) is 0 Å². The Morgan fingerprint density at radius 3 is 2.50 bits per heavy atom. The third kappa shape index (κ3) is 3.87. The maximum atomic E-state index is 12.0. The van der Waals surface area contributed by atoms with Gasteiger partial charge >= 0.3 is 6.09 Å². The van der Waals surface area contributed by atoms with Crippen molar-refractivity contribution in [3.8, 4) is 0 Å². The summed E-state index contributed by atoms with van der Waals surface area (Å²) < 4.78 is 6.69. The summed E-state index contributed by atoms with van der Waals surface area (Å²) in [5.41, 5.74) is -0.141. The number of hydrogen-bond acceptors (Lipinski definition) is 4. The Kier molecular flexibility index (Phi) is 4.11. The Hall–Kier alpha value is -1.85. The Morgan fingerprint density at radius 1 is 1.44 bits per heavy atom. The summed E-state index contributed by atoms with van der Waals surface area (Å²) in [6.45, 7) is 6.90. The molecule has 18 heavy (non-hydrogen) atoms. The fourth-order valence-corrected chi connectivity index (χ4v) is 1.37. The topological polar surface area (TPSA) is 73.2 Å². The SMILES string of the molecule is CC(NC(=O)OC(C)(C)C)C(=O)c1cncn1C. The highest BCUT2D eigenvalue weighted by Gasteiger charge is 2.23. The number of alkyl carbamates (subject to hydrolysis) is 1. The zero-order chi connectivity index (χ0) is 13.9. The lowest BCUT2D eigenvalue weighted by Gasteiger charge is -2.21. The summed E-state index contributed by atoms with van der Waals surface area (Å²) >= 11 is 0. The van der Waals surface area contributed by atoms with Crippen LogP contribution in [0.1, 0.15) is 38.2 Å². The van der Waals surface area contributed by atoms with E-state index >= 15 is 0 Å². The molecule has 0 aliphatic carbocycles. The monoisotopic (exact) mass is 253 g/mol. The van der Waals surface area contributed by atoms with Gasteiger partial charge in [-0.3, -0.25) is 4.79 Å². The van der Waals surface area contributed by atoms with Crippen molar-refractivity contribution in [3.05, 3.63) is 18.2 Å². The number of nitrogens with one attached hydrogen (secondary N) is 1. The number of nitrogens with zero attached hydrogens (tertiary/aromatic N) is 2. The molecule has 0 saturated heterocycles. The van der Waals surface area contributed by atoms with E-state index in [1.54, 1.807) is 39.3 Å². The highest BCUT2D eigenvalue weighted by Crippen LogP contribution is 2.08. The van der Waals surface area contributed by atoms with Gasteiger partial charge in [-0.2, -0.15) is 0 Å². The maximum absolute atomic E-state index is 12.0. The van der Waals surface area contributed by atoms with Crippen molar-refractivity contribution in [1.82, 2.24) is 14.9 Å². The van der Waals surface area contributed by atoms with E-state index in [0.717, 1.165) is 0 Å². The van der Waals surface area contributed by atoms with Crippen molar-refractivity contribution in [3.63, 3.8) is 0 Å². The summed E-state index contributed by atoms with van der Waals surface area (Å²) in [6, 6.07) is -0.657. The fourth-order valence-electron chi connectivity index (χ4n) is 1.37. The Balaban J connectivity index is 2.61. The van der Waals surface area contributed by atoms with Crippen LogP contribution in [0, 0.1) is 0 Å². The Bertz CT molecular complexity index is 446. The van der Waals surface area contributed by atoms with Crippen LogP contribution in [0.25, 0.3) is 0 Å². The fraction of sp³-hybridized carbons (Fsp3) is 0.583. The standard InChI is InChI=1S/C12H19N3O3/c1-8(14-11(17)18-12(2,3)4)10(16)9-6-13-7-15(9)5/h6-8H,1-5H3,(H,14,17). The van der Waals surface area contributed by atoms with Crippen LogP contribution >= 0.6 is 0 Å². The first kappa shape index (κ1) is 14.2. The molecule has 1 aromatic rings. The summed E-state index contributed by atoms with van der Waals surface area (Å²) in [6.07, 6.45) is 2.40. The van der Waals surface area contributed by atoms with E-state index in [4.69, 9.17) is 4.74 Å². The molecule has 0 aliphatic heterocycles. The van der Waals surface area contributed by atoms with Crippen LogP contribution in [0.4, 0.5) is 4.79 Å². The molecule has 0 bridgehead atoms. The van der Waals surface area contributed by atoms with Gasteiger partial charge in [-0.05, 0) is 27.7 Å². The summed E-state index contributed by atoms with van der Waals surface area (Å²) in [4.78, 5) is 27.4. The highest BCUT2D eigenvalue weighted by molar-refractivity contribution is 5.99. The molecule has 0 aromatic carbocycles. The molecule has 0 radical (unpaired) electrons. The zero-order valence-corrected chi connectivity index (χ0v) is 11.4. The van der Waals surface area contributed by atoms with E-state index in [0.29, 0.717) is 5.69 Å².